The largest absolute Gasteiger partial charge is 0.506 e. The summed E-state index contributed by atoms with van der Waals surface area (Å²) < 4.78 is 0.844. The second-order valence-corrected chi connectivity index (χ2v) is 4.96. The van der Waals surface area contributed by atoms with Crippen LogP contribution in [-0.2, 0) is 0 Å². The van der Waals surface area contributed by atoms with Crippen molar-refractivity contribution in [2.24, 2.45) is 0 Å². The first kappa shape index (κ1) is 13.5. The number of aromatic hydroxyl groups is 1. The number of para-hydroxylation sites is 1. The van der Waals surface area contributed by atoms with Gasteiger partial charge in [0.15, 0.2) is 0 Å². The number of nitrogens with zero attached hydrogens (tertiary/aromatic N) is 1. The van der Waals surface area contributed by atoms with Crippen molar-refractivity contribution < 1.29 is 14.7 Å². The molecule has 0 saturated heterocycles. The Kier molecular flexibility index (Phi) is 4.54. The molecule has 0 aliphatic rings. The summed E-state index contributed by atoms with van der Waals surface area (Å²) in [4.78, 5) is 2.94. The van der Waals surface area contributed by atoms with Gasteiger partial charge in [-0.1, -0.05) is 12.1 Å². The van der Waals surface area contributed by atoms with Crippen LogP contribution in [0.5, 0.6) is 5.75 Å². The molecule has 4 nitrogen and oxygen atoms in total. The minimum absolute atomic E-state index is 0.281. The van der Waals surface area contributed by atoms with E-state index in [2.05, 4.69) is 26.1 Å². The number of H-pyrrole nitrogens is 1. The highest BCUT2D eigenvalue weighted by Crippen LogP contribution is 2.22. The van der Waals surface area contributed by atoms with Gasteiger partial charge in [0.25, 0.3) is 0 Å². The van der Waals surface area contributed by atoms with E-state index in [1.54, 1.807) is 6.20 Å². The molecule has 0 saturated carbocycles. The van der Waals surface area contributed by atoms with E-state index in [4.69, 9.17) is 5.11 Å². The summed E-state index contributed by atoms with van der Waals surface area (Å²) >= 11 is 0. The summed E-state index contributed by atoms with van der Waals surface area (Å²) in [6.45, 7) is 1.11. The van der Waals surface area contributed by atoms with Crippen molar-refractivity contribution in [3.8, 4) is 5.75 Å². The normalized spacial score (nSPS) is 11.1. The van der Waals surface area contributed by atoms with Crippen LogP contribution in [0.25, 0.3) is 10.9 Å². The molecule has 0 atom stereocenters. The van der Waals surface area contributed by atoms with Gasteiger partial charge < -0.3 is 19.7 Å². The van der Waals surface area contributed by atoms with Crippen molar-refractivity contribution in [3.05, 3.63) is 30.5 Å². The van der Waals surface area contributed by atoms with E-state index in [9.17, 15) is 5.11 Å². The van der Waals surface area contributed by atoms with Gasteiger partial charge in [0, 0.05) is 17.1 Å². The Morgan fingerprint density at radius 3 is 2.29 bits per heavy atom. The van der Waals surface area contributed by atoms with Crippen LogP contribution in [0.4, 0.5) is 0 Å². The fourth-order valence-electron chi connectivity index (χ4n) is 1.36. The molecular weight excluding hydrogens is 216 g/mol. The van der Waals surface area contributed by atoms with Gasteiger partial charge in [0.1, 0.15) is 12.3 Å². The maximum absolute atomic E-state index is 9.18. The number of hydrogen-bond acceptors (Lipinski definition) is 2. The number of nitrogens with one attached hydrogen (secondary N) is 1. The van der Waals surface area contributed by atoms with Crippen LogP contribution >= 0.6 is 0 Å². The topological polar surface area (TPSA) is 56.2 Å². The summed E-state index contributed by atoms with van der Waals surface area (Å²) in [6.07, 6.45) is 1.59. The Balaban J connectivity index is 0.000000185. The SMILES string of the molecule is C[N+](C)(C)CCO.Oc1c[nH]c2ccccc12. The predicted molar refractivity (Wildman–Crippen MR) is 69.9 cm³/mol. The monoisotopic (exact) mass is 237 g/mol. The van der Waals surface area contributed by atoms with Crippen LogP contribution in [0.3, 0.4) is 0 Å². The van der Waals surface area contributed by atoms with E-state index in [0.717, 1.165) is 21.9 Å². The van der Waals surface area contributed by atoms with Gasteiger partial charge in [-0.25, -0.2) is 0 Å². The molecule has 0 unspecified atom stereocenters. The number of rotatable bonds is 2. The number of likely N-dealkylation sites (N-methyl/N-ethyl adjacent to an activating group) is 1. The van der Waals surface area contributed by atoms with Crippen molar-refractivity contribution >= 4 is 10.9 Å². The summed E-state index contributed by atoms with van der Waals surface area (Å²) in [7, 11) is 6.16. The minimum atomic E-state index is 0.281. The van der Waals surface area contributed by atoms with Crippen LogP contribution in [0.2, 0.25) is 0 Å². The first-order valence-electron chi connectivity index (χ1n) is 5.60. The molecular formula is C13H21N2O2+. The molecule has 0 radical (unpaired) electrons. The number of aromatic nitrogens is 1. The van der Waals surface area contributed by atoms with E-state index < -0.39 is 0 Å². The van der Waals surface area contributed by atoms with Crippen molar-refractivity contribution in [1.29, 1.82) is 0 Å². The minimum Gasteiger partial charge on any atom is -0.506 e. The molecule has 4 heteroatoms. The van der Waals surface area contributed by atoms with Crippen LogP contribution < -0.4 is 0 Å². The number of aliphatic hydroxyl groups is 1. The highest BCUT2D eigenvalue weighted by molar-refractivity contribution is 5.85. The number of fused-ring (bicyclic) bond motifs is 1. The standard InChI is InChI=1S/C8H7NO.C5H14NO/c10-8-5-9-7-4-2-1-3-6(7)8;1-6(2,3)4-5-7/h1-5,9-10H;7H,4-5H2,1-3H3/q;+1. The summed E-state index contributed by atoms with van der Waals surface area (Å²) in [5.41, 5.74) is 0.972. The van der Waals surface area contributed by atoms with Gasteiger partial charge in [-0.2, -0.15) is 0 Å². The number of quaternary nitrogens is 1. The van der Waals surface area contributed by atoms with Crippen molar-refractivity contribution in [2.45, 2.75) is 0 Å². The Labute approximate surface area is 102 Å². The Morgan fingerprint density at radius 1 is 1.18 bits per heavy atom. The maximum Gasteiger partial charge on any atom is 0.140 e. The number of hydrogen-bond donors (Lipinski definition) is 3. The Bertz CT molecular complexity index is 458. The van der Waals surface area contributed by atoms with Gasteiger partial charge in [-0.05, 0) is 12.1 Å². The zero-order chi connectivity index (χ0) is 12.9. The summed E-state index contributed by atoms with van der Waals surface area (Å²) in [5.74, 6) is 0.315. The molecule has 1 heterocycles. The summed E-state index contributed by atoms with van der Waals surface area (Å²) in [5, 5.41) is 18.4. The van der Waals surface area contributed by atoms with Crippen molar-refractivity contribution in [1.82, 2.24) is 4.98 Å². The van der Waals surface area contributed by atoms with E-state index in [1.165, 1.54) is 0 Å². The Morgan fingerprint density at radius 2 is 1.82 bits per heavy atom. The molecule has 0 bridgehead atoms. The number of aliphatic hydroxyl groups excluding tert-OH is 1. The van der Waals surface area contributed by atoms with E-state index in [0.29, 0.717) is 5.75 Å². The third-order valence-corrected chi connectivity index (χ3v) is 2.34. The molecule has 94 valence electrons. The lowest BCUT2D eigenvalue weighted by molar-refractivity contribution is -0.870. The molecule has 1 aromatic heterocycles. The van der Waals surface area contributed by atoms with Gasteiger partial charge in [-0.15, -0.1) is 0 Å². The first-order valence-corrected chi connectivity index (χ1v) is 5.60. The lowest BCUT2D eigenvalue weighted by atomic mass is 10.2. The summed E-state index contributed by atoms with van der Waals surface area (Å²) in [6, 6.07) is 7.63. The third kappa shape index (κ3) is 4.46. The number of aromatic amines is 1. The average Bonchev–Trinajstić information content (AvgIpc) is 2.61. The molecule has 1 aromatic carbocycles. The average molecular weight is 237 g/mol. The van der Waals surface area contributed by atoms with Crippen molar-refractivity contribution in [3.63, 3.8) is 0 Å². The molecule has 0 amide bonds. The van der Waals surface area contributed by atoms with Gasteiger partial charge in [0.05, 0.1) is 27.7 Å². The zero-order valence-electron chi connectivity index (χ0n) is 10.6. The maximum atomic E-state index is 9.18. The van der Waals surface area contributed by atoms with Crippen LogP contribution in [0.15, 0.2) is 30.5 Å². The lowest BCUT2D eigenvalue weighted by Crippen LogP contribution is -2.36. The number of benzene rings is 1. The van der Waals surface area contributed by atoms with Crippen LogP contribution in [0.1, 0.15) is 0 Å². The quantitative estimate of drug-likeness (QED) is 0.694. The molecule has 2 aromatic rings. The fraction of sp³-hybridized carbons (Fsp3) is 0.385. The molecule has 0 aliphatic carbocycles. The molecule has 0 fully saturated rings. The van der Waals surface area contributed by atoms with E-state index in [-0.39, 0.29) is 6.61 Å². The van der Waals surface area contributed by atoms with Crippen molar-refractivity contribution in [2.75, 3.05) is 34.3 Å². The second kappa shape index (κ2) is 5.70. The predicted octanol–water partition coefficient (Wildman–Crippen LogP) is 1.56. The Hall–Kier alpha value is -1.52. The lowest BCUT2D eigenvalue weighted by Gasteiger charge is -2.21. The molecule has 0 aliphatic heterocycles. The van der Waals surface area contributed by atoms with Crippen LogP contribution in [-0.4, -0.2) is 54.0 Å². The highest BCUT2D eigenvalue weighted by Gasteiger charge is 2.02. The molecule has 2 rings (SSSR count). The molecule has 3 N–H and O–H groups in total. The molecule has 17 heavy (non-hydrogen) atoms. The second-order valence-electron chi connectivity index (χ2n) is 4.96. The fourth-order valence-corrected chi connectivity index (χ4v) is 1.36. The van der Waals surface area contributed by atoms with Gasteiger partial charge in [-0.3, -0.25) is 0 Å². The zero-order valence-corrected chi connectivity index (χ0v) is 10.6. The highest BCUT2D eigenvalue weighted by atomic mass is 16.3. The smallest absolute Gasteiger partial charge is 0.140 e. The first-order chi connectivity index (χ1) is 7.94. The van der Waals surface area contributed by atoms with Gasteiger partial charge >= 0.3 is 0 Å². The van der Waals surface area contributed by atoms with E-state index >= 15 is 0 Å². The van der Waals surface area contributed by atoms with Gasteiger partial charge in [0.2, 0.25) is 0 Å². The van der Waals surface area contributed by atoms with Crippen LogP contribution in [0, 0.1) is 0 Å². The van der Waals surface area contributed by atoms with E-state index in [1.807, 2.05) is 24.3 Å². The molecule has 0 spiro atoms. The third-order valence-electron chi connectivity index (χ3n) is 2.34.